The molecule has 0 aliphatic carbocycles. The molecule has 142 valence electrons. The molecule has 0 saturated heterocycles. The van der Waals surface area contributed by atoms with Crippen molar-refractivity contribution >= 4 is 7.82 Å². The fourth-order valence-corrected chi connectivity index (χ4v) is 2.26. The van der Waals surface area contributed by atoms with E-state index in [1.807, 2.05) is 0 Å². The van der Waals surface area contributed by atoms with E-state index in [2.05, 4.69) is 6.92 Å². The van der Waals surface area contributed by atoms with Crippen molar-refractivity contribution in [1.29, 1.82) is 0 Å². The Hall–Kier alpha value is 1.03. The molecule has 0 aromatic heterocycles. The number of rotatable bonds is 14. The van der Waals surface area contributed by atoms with Crippen LogP contribution in [-0.4, -0.2) is 37.6 Å². The Morgan fingerprint density at radius 1 is 0.708 bits per heavy atom. The predicted octanol–water partition coefficient (Wildman–Crippen LogP) is 0.320. The van der Waals surface area contributed by atoms with Gasteiger partial charge in [0.25, 0.3) is 0 Å². The molecule has 5 N–H and O–H groups in total. The van der Waals surface area contributed by atoms with E-state index in [9.17, 15) is 0 Å². The predicted molar refractivity (Wildman–Crippen MR) is 92.7 cm³/mol. The van der Waals surface area contributed by atoms with Crippen LogP contribution < -0.4 is 29.6 Å². The zero-order chi connectivity index (χ0) is 18.0. The zero-order valence-corrected chi connectivity index (χ0v) is 18.2. The first kappa shape index (κ1) is 29.8. The van der Waals surface area contributed by atoms with E-state index >= 15 is 0 Å². The summed E-state index contributed by atoms with van der Waals surface area (Å²) in [5.74, 6) is 0. The van der Waals surface area contributed by atoms with E-state index < -0.39 is 7.82 Å². The third-order valence-electron chi connectivity index (χ3n) is 3.45. The van der Waals surface area contributed by atoms with Crippen LogP contribution in [0.15, 0.2) is 0 Å². The van der Waals surface area contributed by atoms with Gasteiger partial charge in [-0.3, -0.25) is 0 Å². The summed E-state index contributed by atoms with van der Waals surface area (Å²) in [5.41, 5.74) is 0. The molecule has 6 nitrogen and oxygen atoms in total. The minimum absolute atomic E-state index is 0. The molecule has 0 radical (unpaired) electrons. The number of aliphatic hydroxyl groups is 2. The summed E-state index contributed by atoms with van der Waals surface area (Å²) in [6.07, 6.45) is 15.8. The maximum atomic E-state index is 9.00. The van der Waals surface area contributed by atoms with Crippen molar-refractivity contribution in [3.8, 4) is 0 Å². The van der Waals surface area contributed by atoms with E-state index in [4.69, 9.17) is 29.5 Å². The molecule has 0 rings (SSSR count). The van der Waals surface area contributed by atoms with Gasteiger partial charge < -0.3 is 31.8 Å². The molecule has 0 amide bonds. The van der Waals surface area contributed by atoms with Crippen molar-refractivity contribution in [2.24, 2.45) is 0 Å². The van der Waals surface area contributed by atoms with Gasteiger partial charge in [-0.2, -0.15) is 0 Å². The van der Waals surface area contributed by atoms with Crippen molar-refractivity contribution in [3.05, 3.63) is 6.92 Å². The third kappa shape index (κ3) is 43.5. The van der Waals surface area contributed by atoms with Crippen LogP contribution in [0.25, 0.3) is 0 Å². The van der Waals surface area contributed by atoms with Crippen LogP contribution in [0.4, 0.5) is 0 Å². The summed E-state index contributed by atoms with van der Waals surface area (Å²) in [5, 5.41) is 17.6. The minimum Gasteiger partial charge on any atom is -0.425 e. The normalized spacial score (nSPS) is 12.1. The SMILES string of the molecule is O=P(O)(O)O.[CH2-]C(O)CCCCCCCCCCCCCCO.[Na+]. The Bertz CT molecular complexity index is 265. The maximum Gasteiger partial charge on any atom is 1.00 e. The molecule has 0 bridgehead atoms. The molecular weight excluding hydrogens is 342 g/mol. The van der Waals surface area contributed by atoms with Gasteiger partial charge in [-0.25, -0.2) is 4.57 Å². The fraction of sp³-hybridized carbons (Fsp3) is 0.938. The van der Waals surface area contributed by atoms with Gasteiger partial charge >= 0.3 is 37.4 Å². The fourth-order valence-electron chi connectivity index (χ4n) is 2.26. The number of hydrogen-bond acceptors (Lipinski definition) is 3. The Balaban J connectivity index is -0.000000639. The topological polar surface area (TPSA) is 118 Å². The summed E-state index contributed by atoms with van der Waals surface area (Å²) in [6, 6.07) is 0. The van der Waals surface area contributed by atoms with Crippen LogP contribution in [0.3, 0.4) is 0 Å². The molecule has 0 aliphatic heterocycles. The monoisotopic (exact) mass is 378 g/mol. The van der Waals surface area contributed by atoms with Crippen LogP contribution in [-0.2, 0) is 4.57 Å². The molecule has 1 atom stereocenters. The van der Waals surface area contributed by atoms with E-state index in [0.29, 0.717) is 6.61 Å². The first-order valence-corrected chi connectivity index (χ1v) is 10.2. The summed E-state index contributed by atoms with van der Waals surface area (Å²) in [4.78, 5) is 21.6. The average molecular weight is 378 g/mol. The third-order valence-corrected chi connectivity index (χ3v) is 3.45. The van der Waals surface area contributed by atoms with Gasteiger partial charge in [0.15, 0.2) is 0 Å². The summed E-state index contributed by atoms with van der Waals surface area (Å²) >= 11 is 0. The molecule has 0 saturated carbocycles. The summed E-state index contributed by atoms with van der Waals surface area (Å²) in [7, 11) is -4.64. The number of phosphoric acid groups is 1. The van der Waals surface area contributed by atoms with Gasteiger partial charge in [0.2, 0.25) is 0 Å². The average Bonchev–Trinajstić information content (AvgIpc) is 2.42. The van der Waals surface area contributed by atoms with Gasteiger partial charge in [-0.15, -0.1) is 0 Å². The van der Waals surface area contributed by atoms with Crippen molar-refractivity contribution < 1.29 is 59.0 Å². The number of unbranched alkanes of at least 4 members (excludes halogenated alkanes) is 11. The van der Waals surface area contributed by atoms with Gasteiger partial charge in [0.05, 0.1) is 0 Å². The number of hydrogen-bond donors (Lipinski definition) is 5. The molecule has 0 aromatic rings. The van der Waals surface area contributed by atoms with E-state index in [1.54, 1.807) is 0 Å². The molecule has 0 aromatic carbocycles. The van der Waals surface area contributed by atoms with Crippen molar-refractivity contribution in [1.82, 2.24) is 0 Å². The molecule has 0 aliphatic rings. The molecule has 8 heteroatoms. The molecule has 0 spiro atoms. The van der Waals surface area contributed by atoms with E-state index in [0.717, 1.165) is 19.3 Å². The van der Waals surface area contributed by atoms with Crippen LogP contribution in [0.1, 0.15) is 83.5 Å². The smallest absolute Gasteiger partial charge is 0.425 e. The molecule has 24 heavy (non-hydrogen) atoms. The van der Waals surface area contributed by atoms with Crippen LogP contribution in [0, 0.1) is 6.92 Å². The minimum atomic E-state index is -4.64. The second-order valence-electron chi connectivity index (χ2n) is 5.92. The largest absolute Gasteiger partial charge is 1.00 e. The molecule has 0 heterocycles. The first-order valence-electron chi connectivity index (χ1n) is 8.67. The standard InChI is InChI=1S/C16H33O2.Na.H3O4P/c1-16(18)14-12-10-8-6-4-2-3-5-7-9-11-13-15-17;;1-5(2,3)4/h16-18H,1-15H2;;(H3,1,2,3,4)/q-1;+1;. The van der Waals surface area contributed by atoms with E-state index in [-0.39, 0.29) is 35.7 Å². The molecule has 0 fully saturated rings. The van der Waals surface area contributed by atoms with Gasteiger partial charge in [-0.05, 0) is 6.42 Å². The molecule has 1 unspecified atom stereocenters. The van der Waals surface area contributed by atoms with Crippen molar-refractivity contribution in [3.63, 3.8) is 0 Å². The van der Waals surface area contributed by atoms with Gasteiger partial charge in [0, 0.05) is 6.61 Å². The van der Waals surface area contributed by atoms with Crippen molar-refractivity contribution in [2.75, 3.05) is 6.61 Å². The number of aliphatic hydroxyl groups excluding tert-OH is 2. The van der Waals surface area contributed by atoms with Crippen LogP contribution in [0.5, 0.6) is 0 Å². The van der Waals surface area contributed by atoms with Crippen LogP contribution in [0.2, 0.25) is 0 Å². The summed E-state index contributed by atoms with van der Waals surface area (Å²) < 4.78 is 8.88. The Labute approximate surface area is 169 Å². The first-order chi connectivity index (χ1) is 10.8. The Kier molecular flexibility index (Phi) is 27.4. The Morgan fingerprint density at radius 2 is 0.958 bits per heavy atom. The second kappa shape index (κ2) is 22.1. The zero-order valence-electron chi connectivity index (χ0n) is 15.3. The van der Waals surface area contributed by atoms with Gasteiger partial charge in [0.1, 0.15) is 0 Å². The van der Waals surface area contributed by atoms with Crippen molar-refractivity contribution in [2.45, 2.75) is 89.6 Å². The Morgan fingerprint density at radius 3 is 1.21 bits per heavy atom. The van der Waals surface area contributed by atoms with Gasteiger partial charge in [-0.1, -0.05) is 83.2 Å². The maximum absolute atomic E-state index is 9.00. The van der Waals surface area contributed by atoms with E-state index in [1.165, 1.54) is 64.2 Å². The summed E-state index contributed by atoms with van der Waals surface area (Å²) in [6.45, 7) is 3.93. The molecular formula is C16H36NaO6P. The second-order valence-corrected chi connectivity index (χ2v) is 6.95. The quantitative estimate of drug-likeness (QED) is 0.129. The van der Waals surface area contributed by atoms with Crippen LogP contribution >= 0.6 is 7.82 Å².